The Morgan fingerprint density at radius 3 is 2.44 bits per heavy atom. The maximum atomic E-state index is 11.6. The van der Waals surface area contributed by atoms with Crippen LogP contribution in [0.4, 0.5) is 0 Å². The molecule has 94 valence electrons. The molecule has 0 unspecified atom stereocenters. The highest BCUT2D eigenvalue weighted by Crippen LogP contribution is 2.15. The number of amides is 1. The Morgan fingerprint density at radius 1 is 1.28 bits per heavy atom. The van der Waals surface area contributed by atoms with Gasteiger partial charge >= 0.3 is 0 Å². The van der Waals surface area contributed by atoms with Crippen LogP contribution in [0.15, 0.2) is 24.3 Å². The van der Waals surface area contributed by atoms with Crippen molar-refractivity contribution in [2.75, 3.05) is 26.2 Å². The first kappa shape index (κ1) is 12.7. The summed E-state index contributed by atoms with van der Waals surface area (Å²) in [6.07, 6.45) is 7.14. The van der Waals surface area contributed by atoms with Gasteiger partial charge in [0.15, 0.2) is 0 Å². The number of nitrogens with one attached hydrogen (secondary N) is 1. The van der Waals surface area contributed by atoms with Crippen LogP contribution < -0.4 is 5.32 Å². The third-order valence-corrected chi connectivity index (χ3v) is 3.27. The van der Waals surface area contributed by atoms with Gasteiger partial charge in [-0.25, -0.2) is 0 Å². The van der Waals surface area contributed by atoms with Crippen LogP contribution in [0.1, 0.15) is 11.1 Å². The van der Waals surface area contributed by atoms with E-state index in [1.807, 2.05) is 0 Å². The van der Waals surface area contributed by atoms with E-state index < -0.39 is 0 Å². The van der Waals surface area contributed by atoms with E-state index in [-0.39, 0.29) is 5.91 Å². The van der Waals surface area contributed by atoms with Gasteiger partial charge in [0, 0.05) is 13.1 Å². The van der Waals surface area contributed by atoms with Crippen molar-refractivity contribution in [2.45, 2.75) is 12.8 Å². The van der Waals surface area contributed by atoms with Crippen LogP contribution in [-0.4, -0.2) is 37.0 Å². The van der Waals surface area contributed by atoms with Crippen molar-refractivity contribution in [3.8, 4) is 12.3 Å². The molecule has 0 fully saturated rings. The number of hydrogen-bond acceptors (Lipinski definition) is 2. The van der Waals surface area contributed by atoms with Crippen LogP contribution in [0.5, 0.6) is 0 Å². The number of hydrogen-bond donors (Lipinski definition) is 1. The van der Waals surface area contributed by atoms with Crippen molar-refractivity contribution in [2.24, 2.45) is 0 Å². The minimum absolute atomic E-state index is 0.0129. The van der Waals surface area contributed by atoms with Gasteiger partial charge < -0.3 is 5.32 Å². The zero-order valence-corrected chi connectivity index (χ0v) is 10.5. The summed E-state index contributed by atoms with van der Waals surface area (Å²) < 4.78 is 0. The molecule has 0 spiro atoms. The van der Waals surface area contributed by atoms with E-state index in [2.05, 4.69) is 40.4 Å². The second-order valence-corrected chi connectivity index (χ2v) is 4.53. The largest absolute Gasteiger partial charge is 0.344 e. The van der Waals surface area contributed by atoms with E-state index in [1.54, 1.807) is 0 Å². The minimum Gasteiger partial charge on any atom is -0.344 e. The van der Waals surface area contributed by atoms with Crippen LogP contribution in [-0.2, 0) is 17.6 Å². The predicted molar refractivity (Wildman–Crippen MR) is 72.1 cm³/mol. The van der Waals surface area contributed by atoms with Crippen LogP contribution >= 0.6 is 0 Å². The first-order valence-electron chi connectivity index (χ1n) is 6.29. The molecule has 0 saturated carbocycles. The second kappa shape index (κ2) is 6.23. The summed E-state index contributed by atoms with van der Waals surface area (Å²) in [6.45, 7) is 2.61. The number of nitrogens with zero attached hydrogens (tertiary/aromatic N) is 1. The summed E-state index contributed by atoms with van der Waals surface area (Å²) in [7, 11) is 0. The normalized spacial score (nSPS) is 15.3. The van der Waals surface area contributed by atoms with E-state index in [0.717, 1.165) is 25.9 Å². The average Bonchev–Trinajstić information content (AvgIpc) is 2.59. The SMILES string of the molecule is C#CCNC(=O)CN1CCc2ccccc2CC1. The number of benzene rings is 1. The van der Waals surface area contributed by atoms with Crippen LogP contribution in [0, 0.1) is 12.3 Å². The Labute approximate surface area is 108 Å². The minimum atomic E-state index is 0.0129. The van der Waals surface area contributed by atoms with E-state index in [4.69, 9.17) is 6.42 Å². The predicted octanol–water partition coefficient (Wildman–Crippen LogP) is 0.837. The van der Waals surface area contributed by atoms with E-state index in [9.17, 15) is 4.79 Å². The maximum Gasteiger partial charge on any atom is 0.234 e. The van der Waals surface area contributed by atoms with Crippen molar-refractivity contribution >= 4 is 5.91 Å². The van der Waals surface area contributed by atoms with Crippen molar-refractivity contribution in [3.05, 3.63) is 35.4 Å². The molecule has 0 aromatic heterocycles. The molecular weight excluding hydrogens is 224 g/mol. The average molecular weight is 242 g/mol. The molecule has 1 heterocycles. The highest BCUT2D eigenvalue weighted by Gasteiger charge is 2.15. The third kappa shape index (κ3) is 3.35. The quantitative estimate of drug-likeness (QED) is 0.797. The molecule has 3 heteroatoms. The summed E-state index contributed by atoms with van der Waals surface area (Å²) in [5, 5.41) is 2.70. The van der Waals surface area contributed by atoms with Crippen LogP contribution in [0.2, 0.25) is 0 Å². The lowest BCUT2D eigenvalue weighted by Gasteiger charge is -2.18. The lowest BCUT2D eigenvalue weighted by atomic mass is 10.0. The molecular formula is C15H18N2O. The topological polar surface area (TPSA) is 32.3 Å². The Hall–Kier alpha value is -1.79. The molecule has 0 radical (unpaired) electrons. The van der Waals surface area contributed by atoms with Gasteiger partial charge in [-0.3, -0.25) is 9.69 Å². The van der Waals surface area contributed by atoms with Gasteiger partial charge in [0.05, 0.1) is 13.1 Å². The molecule has 1 aromatic rings. The third-order valence-electron chi connectivity index (χ3n) is 3.27. The van der Waals surface area contributed by atoms with Crippen molar-refractivity contribution in [1.29, 1.82) is 0 Å². The van der Waals surface area contributed by atoms with Gasteiger partial charge in [0.25, 0.3) is 0 Å². The summed E-state index contributed by atoms with van der Waals surface area (Å²) in [4.78, 5) is 13.8. The molecule has 3 nitrogen and oxygen atoms in total. The van der Waals surface area contributed by atoms with Crippen LogP contribution in [0.25, 0.3) is 0 Å². The molecule has 18 heavy (non-hydrogen) atoms. The van der Waals surface area contributed by atoms with Crippen LogP contribution in [0.3, 0.4) is 0 Å². The number of rotatable bonds is 3. The Kier molecular flexibility index (Phi) is 4.38. The lowest BCUT2D eigenvalue weighted by molar-refractivity contribution is -0.122. The van der Waals surface area contributed by atoms with Crippen molar-refractivity contribution in [3.63, 3.8) is 0 Å². The lowest BCUT2D eigenvalue weighted by Crippen LogP contribution is -2.38. The first-order chi connectivity index (χ1) is 8.79. The van der Waals surface area contributed by atoms with E-state index >= 15 is 0 Å². The van der Waals surface area contributed by atoms with Gasteiger partial charge in [-0.15, -0.1) is 6.42 Å². The Morgan fingerprint density at radius 2 is 1.89 bits per heavy atom. The molecule has 2 rings (SSSR count). The number of carbonyl (C=O) groups excluding carboxylic acids is 1. The zero-order valence-electron chi connectivity index (χ0n) is 10.5. The van der Waals surface area contributed by atoms with Gasteiger partial charge in [-0.2, -0.15) is 0 Å². The van der Waals surface area contributed by atoms with Gasteiger partial charge in [0.2, 0.25) is 5.91 Å². The fourth-order valence-corrected chi connectivity index (χ4v) is 2.28. The van der Waals surface area contributed by atoms with Gasteiger partial charge in [0.1, 0.15) is 0 Å². The fraction of sp³-hybridized carbons (Fsp3) is 0.400. The Bertz CT molecular complexity index is 435. The molecule has 1 amide bonds. The summed E-state index contributed by atoms with van der Waals surface area (Å²) >= 11 is 0. The zero-order chi connectivity index (χ0) is 12.8. The number of terminal acetylenes is 1. The fourth-order valence-electron chi connectivity index (χ4n) is 2.28. The smallest absolute Gasteiger partial charge is 0.234 e. The molecule has 0 atom stereocenters. The molecule has 0 saturated heterocycles. The van der Waals surface area contributed by atoms with Crippen molar-refractivity contribution in [1.82, 2.24) is 10.2 Å². The Balaban J connectivity index is 1.88. The molecule has 0 bridgehead atoms. The summed E-state index contributed by atoms with van der Waals surface area (Å²) in [5.74, 6) is 2.42. The van der Waals surface area contributed by atoms with Crippen molar-refractivity contribution < 1.29 is 4.79 Å². The molecule has 0 aliphatic carbocycles. The standard InChI is InChI=1S/C15H18N2O/c1-2-9-16-15(18)12-17-10-7-13-5-3-4-6-14(13)8-11-17/h1,3-6H,7-12H2,(H,16,18). The number of carbonyl (C=O) groups is 1. The summed E-state index contributed by atoms with van der Waals surface area (Å²) in [6, 6.07) is 8.51. The van der Waals surface area contributed by atoms with E-state index in [1.165, 1.54) is 11.1 Å². The second-order valence-electron chi connectivity index (χ2n) is 4.53. The summed E-state index contributed by atoms with van der Waals surface area (Å²) in [5.41, 5.74) is 2.81. The molecule has 1 N–H and O–H groups in total. The molecule has 1 aromatic carbocycles. The van der Waals surface area contributed by atoms with Gasteiger partial charge in [-0.1, -0.05) is 30.2 Å². The number of fused-ring (bicyclic) bond motifs is 1. The highest BCUT2D eigenvalue weighted by atomic mass is 16.2. The molecule has 1 aliphatic rings. The van der Waals surface area contributed by atoms with Gasteiger partial charge in [-0.05, 0) is 24.0 Å². The van der Waals surface area contributed by atoms with E-state index in [0.29, 0.717) is 13.1 Å². The first-order valence-corrected chi connectivity index (χ1v) is 6.29. The maximum absolute atomic E-state index is 11.6. The molecule has 1 aliphatic heterocycles. The monoisotopic (exact) mass is 242 g/mol. The highest BCUT2D eigenvalue weighted by molar-refractivity contribution is 5.78.